The molecule has 0 unspecified atom stereocenters. The molecule has 1 aromatic heterocycles. The molecule has 14 rings (SSSR count). The minimum Gasteiger partial charge on any atom is -0.310 e. The van der Waals surface area contributed by atoms with Crippen LogP contribution in [0.5, 0.6) is 0 Å². The maximum atomic E-state index is 2.44. The summed E-state index contributed by atoms with van der Waals surface area (Å²) in [6.45, 7) is 0. The molecule has 71 heavy (non-hydrogen) atoms. The van der Waals surface area contributed by atoms with E-state index in [1.165, 1.54) is 99.0 Å². The second-order valence-corrected chi connectivity index (χ2v) is 18.8. The number of para-hydroxylation sites is 2. The van der Waals surface area contributed by atoms with Crippen LogP contribution in [0.2, 0.25) is 0 Å². The Morgan fingerprint density at radius 2 is 0.789 bits per heavy atom. The monoisotopic (exact) mass is 902 g/mol. The van der Waals surface area contributed by atoms with Crippen LogP contribution in [0.3, 0.4) is 0 Å². The zero-order chi connectivity index (χ0) is 46.9. The van der Waals surface area contributed by atoms with Gasteiger partial charge in [-0.25, -0.2) is 0 Å². The van der Waals surface area contributed by atoms with E-state index in [1.54, 1.807) is 0 Å². The first kappa shape index (κ1) is 40.8. The lowest BCUT2D eigenvalue weighted by atomic mass is 9.68. The van der Waals surface area contributed by atoms with Gasteiger partial charge in [-0.2, -0.15) is 0 Å². The summed E-state index contributed by atoms with van der Waals surface area (Å²) < 4.78 is 2.40. The highest BCUT2D eigenvalue weighted by Crippen LogP contribution is 2.57. The van der Waals surface area contributed by atoms with Crippen LogP contribution in [0.4, 0.5) is 17.1 Å². The third-order valence-electron chi connectivity index (χ3n) is 15.0. The molecule has 0 bridgehead atoms. The normalized spacial score (nSPS) is 12.6. The number of benzene rings is 12. The first-order chi connectivity index (χ1) is 35.2. The van der Waals surface area contributed by atoms with Crippen LogP contribution >= 0.6 is 0 Å². The molecule has 0 amide bonds. The van der Waals surface area contributed by atoms with Gasteiger partial charge in [0.15, 0.2) is 0 Å². The third-order valence-corrected chi connectivity index (χ3v) is 15.0. The average Bonchev–Trinajstić information content (AvgIpc) is 3.94. The maximum absolute atomic E-state index is 2.44. The smallest absolute Gasteiger partial charge is 0.0713 e. The molecular formula is C69H46N2. The number of fused-ring (bicyclic) bond motifs is 8. The molecule has 0 radical (unpaired) electrons. The predicted octanol–water partition coefficient (Wildman–Crippen LogP) is 18.3. The fourth-order valence-electron chi connectivity index (χ4n) is 12.0. The zero-order valence-corrected chi connectivity index (χ0v) is 39.0. The number of hydrogen-bond donors (Lipinski definition) is 0. The number of anilines is 3. The summed E-state index contributed by atoms with van der Waals surface area (Å²) >= 11 is 0. The van der Waals surface area contributed by atoms with E-state index in [0.717, 1.165) is 22.7 Å². The Bertz CT molecular complexity index is 4050. The number of nitrogens with zero attached hydrogens (tertiary/aromatic N) is 2. The van der Waals surface area contributed by atoms with Crippen molar-refractivity contribution in [2.24, 2.45) is 0 Å². The summed E-state index contributed by atoms with van der Waals surface area (Å²) in [4.78, 5) is 2.44. The maximum Gasteiger partial charge on any atom is 0.0713 e. The molecule has 12 aromatic carbocycles. The summed E-state index contributed by atoms with van der Waals surface area (Å²) in [6.07, 6.45) is 0. The summed E-state index contributed by atoms with van der Waals surface area (Å²) in [6, 6.07) is 103. The molecule has 0 saturated heterocycles. The van der Waals surface area contributed by atoms with Crippen LogP contribution in [0.25, 0.3) is 82.4 Å². The van der Waals surface area contributed by atoms with Gasteiger partial charge in [0.25, 0.3) is 0 Å². The molecule has 1 aliphatic carbocycles. The number of rotatable bonds is 8. The lowest BCUT2D eigenvalue weighted by molar-refractivity contribution is 0.768. The van der Waals surface area contributed by atoms with Crippen LogP contribution in [0, 0.1) is 0 Å². The van der Waals surface area contributed by atoms with Crippen molar-refractivity contribution in [1.29, 1.82) is 0 Å². The van der Waals surface area contributed by atoms with Crippen molar-refractivity contribution in [3.8, 4) is 39.1 Å². The second kappa shape index (κ2) is 16.5. The van der Waals surface area contributed by atoms with Gasteiger partial charge in [0.1, 0.15) is 0 Å². The Hall–Kier alpha value is -9.24. The molecule has 0 fully saturated rings. The van der Waals surface area contributed by atoms with Gasteiger partial charge in [-0.1, -0.05) is 218 Å². The Kier molecular flexibility index (Phi) is 9.47. The van der Waals surface area contributed by atoms with Crippen LogP contribution in [0.15, 0.2) is 279 Å². The first-order valence-corrected chi connectivity index (χ1v) is 24.6. The second-order valence-electron chi connectivity index (χ2n) is 18.8. The Labute approximate surface area is 413 Å². The Balaban J connectivity index is 0.945. The Morgan fingerprint density at radius 1 is 0.296 bits per heavy atom. The van der Waals surface area contributed by atoms with Crippen LogP contribution < -0.4 is 4.90 Å². The Morgan fingerprint density at radius 3 is 1.46 bits per heavy atom. The predicted molar refractivity (Wildman–Crippen MR) is 299 cm³/mol. The largest absolute Gasteiger partial charge is 0.310 e. The van der Waals surface area contributed by atoms with Crippen molar-refractivity contribution in [3.63, 3.8) is 0 Å². The highest BCUT2D eigenvalue weighted by Gasteiger charge is 2.46. The van der Waals surface area contributed by atoms with E-state index in [2.05, 4.69) is 289 Å². The summed E-state index contributed by atoms with van der Waals surface area (Å²) in [5.41, 5.74) is 18.8. The van der Waals surface area contributed by atoms with Gasteiger partial charge < -0.3 is 9.47 Å². The summed E-state index contributed by atoms with van der Waals surface area (Å²) in [7, 11) is 0. The van der Waals surface area contributed by atoms with Gasteiger partial charge >= 0.3 is 0 Å². The highest BCUT2D eigenvalue weighted by molar-refractivity contribution is 6.10. The molecule has 0 aliphatic heterocycles. The molecule has 0 atom stereocenters. The number of aromatic nitrogens is 1. The quantitative estimate of drug-likeness (QED) is 0.147. The van der Waals surface area contributed by atoms with Crippen LogP contribution in [0.1, 0.15) is 22.3 Å². The van der Waals surface area contributed by atoms with E-state index < -0.39 is 5.41 Å². The standard InChI is InChI=1S/C69H46N2/c1-4-18-47(19-5-1)58-29-16-20-49-21-17-30-59(68(49)58)48-34-38-54(39-35-48)70(55-40-36-51-45-56(41-37-50(51)44-55)71-66-32-14-11-27-61(66)62-28-12-15-33-67(62)71)57-42-43-65-63(46-57)60-26-10-13-31-64(60)69(65,52-22-6-2-7-23-52)53-24-8-3-9-25-53/h1-46H. The van der Waals surface area contributed by atoms with E-state index in [9.17, 15) is 0 Å². The van der Waals surface area contributed by atoms with Crippen molar-refractivity contribution in [2.75, 3.05) is 4.90 Å². The van der Waals surface area contributed by atoms with Gasteiger partial charge in [-0.15, -0.1) is 0 Å². The molecule has 0 spiro atoms. The van der Waals surface area contributed by atoms with Gasteiger partial charge in [-0.05, 0) is 138 Å². The lowest BCUT2D eigenvalue weighted by Crippen LogP contribution is -2.28. The minimum atomic E-state index is -0.479. The van der Waals surface area contributed by atoms with Crippen molar-refractivity contribution in [3.05, 3.63) is 301 Å². The minimum absolute atomic E-state index is 0.479. The lowest BCUT2D eigenvalue weighted by Gasteiger charge is -2.34. The van der Waals surface area contributed by atoms with Crippen molar-refractivity contribution < 1.29 is 0 Å². The molecule has 0 N–H and O–H groups in total. The zero-order valence-electron chi connectivity index (χ0n) is 39.0. The van der Waals surface area contributed by atoms with E-state index in [-0.39, 0.29) is 0 Å². The van der Waals surface area contributed by atoms with Crippen LogP contribution in [-0.4, -0.2) is 4.57 Å². The molecule has 1 aliphatic rings. The van der Waals surface area contributed by atoms with Crippen LogP contribution in [-0.2, 0) is 5.41 Å². The van der Waals surface area contributed by atoms with Crippen molar-refractivity contribution in [1.82, 2.24) is 4.57 Å². The molecule has 332 valence electrons. The molecular weight excluding hydrogens is 857 g/mol. The van der Waals surface area contributed by atoms with E-state index in [0.29, 0.717) is 0 Å². The fraction of sp³-hybridized carbons (Fsp3) is 0.0145. The molecule has 13 aromatic rings. The van der Waals surface area contributed by atoms with Gasteiger partial charge in [0, 0.05) is 33.5 Å². The highest BCUT2D eigenvalue weighted by atomic mass is 15.1. The van der Waals surface area contributed by atoms with E-state index in [1.807, 2.05) is 0 Å². The first-order valence-electron chi connectivity index (χ1n) is 24.6. The number of hydrogen-bond acceptors (Lipinski definition) is 1. The van der Waals surface area contributed by atoms with Gasteiger partial charge in [-0.3, -0.25) is 0 Å². The summed E-state index contributed by atoms with van der Waals surface area (Å²) in [5, 5.41) is 7.38. The van der Waals surface area contributed by atoms with E-state index >= 15 is 0 Å². The topological polar surface area (TPSA) is 8.17 Å². The molecule has 1 heterocycles. The third kappa shape index (κ3) is 6.42. The van der Waals surface area contributed by atoms with Gasteiger partial charge in [0.05, 0.1) is 16.4 Å². The van der Waals surface area contributed by atoms with E-state index in [4.69, 9.17) is 0 Å². The summed E-state index contributed by atoms with van der Waals surface area (Å²) in [5.74, 6) is 0. The SMILES string of the molecule is c1ccc(-c2cccc3cccc(-c4ccc(N(c5ccc6c(c5)-c5ccccc5C6(c5ccccc5)c5ccccc5)c5ccc6cc(-n7c8ccccc8c8ccccc87)ccc6c5)cc4)c23)cc1. The van der Waals surface area contributed by atoms with Gasteiger partial charge in [0.2, 0.25) is 0 Å². The van der Waals surface area contributed by atoms with Crippen molar-refractivity contribution in [2.45, 2.75) is 5.41 Å². The molecule has 2 heteroatoms. The molecule has 2 nitrogen and oxygen atoms in total. The van der Waals surface area contributed by atoms with Crippen molar-refractivity contribution >= 4 is 60.4 Å². The molecule has 0 saturated carbocycles. The fourth-order valence-corrected chi connectivity index (χ4v) is 12.0. The average molecular weight is 903 g/mol.